The number of amides is 1. The third kappa shape index (κ3) is 4.37. The van der Waals surface area contributed by atoms with Crippen LogP contribution in [0.1, 0.15) is 23.0 Å². The lowest BCUT2D eigenvalue weighted by Gasteiger charge is -2.36. The van der Waals surface area contributed by atoms with Gasteiger partial charge < -0.3 is 14.2 Å². The first-order valence-corrected chi connectivity index (χ1v) is 9.74. The number of rotatable bonds is 5. The molecule has 0 bridgehead atoms. The number of oxazole rings is 1. The third-order valence-corrected chi connectivity index (χ3v) is 5.18. The number of aromatic nitrogens is 1. The lowest BCUT2D eigenvalue weighted by molar-refractivity contribution is -0.130. The van der Waals surface area contributed by atoms with Crippen molar-refractivity contribution in [3.8, 4) is 11.5 Å². The van der Waals surface area contributed by atoms with E-state index in [1.807, 2.05) is 59.5 Å². The minimum atomic E-state index is 0.0597. The lowest BCUT2D eigenvalue weighted by atomic mass is 10.1. The summed E-state index contributed by atoms with van der Waals surface area (Å²) >= 11 is 0. The Labute approximate surface area is 169 Å². The molecule has 0 spiro atoms. The highest BCUT2D eigenvalue weighted by molar-refractivity contribution is 5.94. The molecule has 6 heteroatoms. The molecule has 2 heterocycles. The third-order valence-electron chi connectivity index (χ3n) is 5.18. The Hall–Kier alpha value is -3.41. The highest BCUT2D eigenvalue weighted by Crippen LogP contribution is 2.20. The fraction of sp³-hybridized carbons (Fsp3) is 0.261. The number of hydrogen-bond acceptors (Lipinski definition) is 5. The quantitative estimate of drug-likeness (QED) is 0.626. The van der Waals surface area contributed by atoms with E-state index in [9.17, 15) is 9.59 Å². The van der Waals surface area contributed by atoms with Crippen LogP contribution in [-0.2, 0) is 11.2 Å². The normalized spacial score (nSPS) is 14.1. The van der Waals surface area contributed by atoms with Crippen molar-refractivity contribution in [2.75, 3.05) is 31.1 Å². The highest BCUT2D eigenvalue weighted by atomic mass is 16.3. The molecule has 0 atom stereocenters. The fourth-order valence-corrected chi connectivity index (χ4v) is 3.49. The summed E-state index contributed by atoms with van der Waals surface area (Å²) in [4.78, 5) is 32.6. The van der Waals surface area contributed by atoms with E-state index in [-0.39, 0.29) is 18.1 Å². The number of carbonyl (C=O) groups is 2. The monoisotopic (exact) mass is 389 g/mol. The molecule has 1 fully saturated rings. The second-order valence-electron chi connectivity index (χ2n) is 7.16. The van der Waals surface area contributed by atoms with Gasteiger partial charge in [-0.1, -0.05) is 18.2 Å². The topological polar surface area (TPSA) is 66.7 Å². The van der Waals surface area contributed by atoms with Crippen molar-refractivity contribution in [1.82, 2.24) is 9.88 Å². The van der Waals surface area contributed by atoms with Crippen LogP contribution in [0.25, 0.3) is 11.5 Å². The molecule has 3 aromatic rings. The van der Waals surface area contributed by atoms with Crippen molar-refractivity contribution in [3.63, 3.8) is 0 Å². The maximum atomic E-state index is 12.7. The van der Waals surface area contributed by atoms with Gasteiger partial charge in [0.05, 0.1) is 12.1 Å². The molecule has 4 rings (SSSR count). The van der Waals surface area contributed by atoms with Gasteiger partial charge in [0.1, 0.15) is 6.26 Å². The van der Waals surface area contributed by atoms with E-state index in [4.69, 9.17) is 4.42 Å². The molecule has 1 aliphatic heterocycles. The van der Waals surface area contributed by atoms with Crippen LogP contribution < -0.4 is 4.90 Å². The number of anilines is 1. The summed E-state index contributed by atoms with van der Waals surface area (Å²) < 4.78 is 5.53. The van der Waals surface area contributed by atoms with Gasteiger partial charge in [0.25, 0.3) is 0 Å². The second-order valence-corrected chi connectivity index (χ2v) is 7.16. The van der Waals surface area contributed by atoms with Crippen LogP contribution in [0.3, 0.4) is 0 Å². The molecule has 0 unspecified atom stereocenters. The van der Waals surface area contributed by atoms with E-state index >= 15 is 0 Å². The van der Waals surface area contributed by atoms with Gasteiger partial charge in [-0.05, 0) is 43.3 Å². The van der Waals surface area contributed by atoms with Crippen molar-refractivity contribution in [3.05, 3.63) is 72.1 Å². The highest BCUT2D eigenvalue weighted by Gasteiger charge is 2.22. The molecule has 1 aromatic heterocycles. The van der Waals surface area contributed by atoms with Crippen LogP contribution in [0.2, 0.25) is 0 Å². The van der Waals surface area contributed by atoms with E-state index in [1.165, 1.54) is 0 Å². The molecule has 0 radical (unpaired) electrons. The number of Topliss-reactive ketones (excluding diaryl/α,β-unsaturated/α-hetero) is 1. The first kappa shape index (κ1) is 18.9. The molecule has 1 amide bonds. The zero-order valence-electron chi connectivity index (χ0n) is 16.4. The summed E-state index contributed by atoms with van der Waals surface area (Å²) in [6.07, 6.45) is 1.80. The Balaban J connectivity index is 1.32. The van der Waals surface area contributed by atoms with Gasteiger partial charge in [-0.2, -0.15) is 0 Å². The van der Waals surface area contributed by atoms with Gasteiger partial charge in [0.15, 0.2) is 5.78 Å². The fourth-order valence-electron chi connectivity index (χ4n) is 3.49. The zero-order chi connectivity index (χ0) is 20.2. The Morgan fingerprint density at radius 3 is 2.31 bits per heavy atom. The second kappa shape index (κ2) is 8.31. The molecule has 0 aliphatic carbocycles. The van der Waals surface area contributed by atoms with E-state index in [2.05, 4.69) is 9.88 Å². The Bertz CT molecular complexity index is 988. The average Bonchev–Trinajstić information content (AvgIpc) is 3.23. The Kier molecular flexibility index (Phi) is 5.42. The number of nitrogens with zero attached hydrogens (tertiary/aromatic N) is 3. The predicted molar refractivity (Wildman–Crippen MR) is 111 cm³/mol. The zero-order valence-corrected chi connectivity index (χ0v) is 16.4. The van der Waals surface area contributed by atoms with E-state index < -0.39 is 0 Å². The summed E-state index contributed by atoms with van der Waals surface area (Å²) in [6.45, 7) is 4.42. The van der Waals surface area contributed by atoms with Gasteiger partial charge in [0.2, 0.25) is 11.8 Å². The van der Waals surface area contributed by atoms with Crippen molar-refractivity contribution in [2.24, 2.45) is 0 Å². The van der Waals surface area contributed by atoms with Crippen LogP contribution >= 0.6 is 0 Å². The average molecular weight is 389 g/mol. The van der Waals surface area contributed by atoms with Gasteiger partial charge in [0, 0.05) is 43.0 Å². The predicted octanol–water partition coefficient (Wildman–Crippen LogP) is 3.44. The smallest absolute Gasteiger partial charge is 0.228 e. The molecule has 148 valence electrons. The number of ketones is 1. The number of hydrogen-bond donors (Lipinski definition) is 0. The van der Waals surface area contributed by atoms with Crippen LogP contribution in [0.4, 0.5) is 5.69 Å². The van der Waals surface area contributed by atoms with E-state index in [0.717, 1.165) is 24.3 Å². The SMILES string of the molecule is CC(=O)c1ccc(N2CCN(C(=O)Cc3coc(-c4ccccc4)n3)CC2)cc1. The molecule has 1 aliphatic rings. The molecular formula is C23H23N3O3. The minimum absolute atomic E-state index is 0.0597. The van der Waals surface area contributed by atoms with Crippen LogP contribution in [0.5, 0.6) is 0 Å². The molecule has 2 aromatic carbocycles. The van der Waals surface area contributed by atoms with Crippen molar-refractivity contribution >= 4 is 17.4 Å². The van der Waals surface area contributed by atoms with E-state index in [0.29, 0.717) is 30.2 Å². The Morgan fingerprint density at radius 1 is 0.966 bits per heavy atom. The summed E-state index contributed by atoms with van der Waals surface area (Å²) in [5.41, 5.74) is 3.34. The summed E-state index contributed by atoms with van der Waals surface area (Å²) in [7, 11) is 0. The van der Waals surface area contributed by atoms with E-state index in [1.54, 1.807) is 13.2 Å². The van der Waals surface area contributed by atoms with Crippen molar-refractivity contribution in [2.45, 2.75) is 13.3 Å². The van der Waals surface area contributed by atoms with Crippen LogP contribution in [0, 0.1) is 0 Å². The molecule has 1 saturated heterocycles. The number of benzene rings is 2. The minimum Gasteiger partial charge on any atom is -0.444 e. The van der Waals surface area contributed by atoms with Gasteiger partial charge >= 0.3 is 0 Å². The van der Waals surface area contributed by atoms with Crippen molar-refractivity contribution in [1.29, 1.82) is 0 Å². The molecule has 0 N–H and O–H groups in total. The number of piperazine rings is 1. The molecule has 29 heavy (non-hydrogen) atoms. The molecule has 0 saturated carbocycles. The summed E-state index contributed by atoms with van der Waals surface area (Å²) in [5, 5.41) is 0. The maximum absolute atomic E-state index is 12.7. The largest absolute Gasteiger partial charge is 0.444 e. The lowest BCUT2D eigenvalue weighted by Crippen LogP contribution is -2.49. The van der Waals surface area contributed by atoms with Crippen LogP contribution in [0.15, 0.2) is 65.3 Å². The van der Waals surface area contributed by atoms with Gasteiger partial charge in [-0.15, -0.1) is 0 Å². The Morgan fingerprint density at radius 2 is 1.66 bits per heavy atom. The number of carbonyl (C=O) groups excluding carboxylic acids is 2. The van der Waals surface area contributed by atoms with Gasteiger partial charge in [-0.25, -0.2) is 4.98 Å². The maximum Gasteiger partial charge on any atom is 0.228 e. The first-order valence-electron chi connectivity index (χ1n) is 9.74. The van der Waals surface area contributed by atoms with Gasteiger partial charge in [-0.3, -0.25) is 9.59 Å². The molecule has 6 nitrogen and oxygen atoms in total. The standard InChI is InChI=1S/C23H23N3O3/c1-17(27)18-7-9-21(10-8-18)25-11-13-26(14-12-25)22(28)15-20-16-29-23(24-20)19-5-3-2-4-6-19/h2-10,16H,11-15H2,1H3. The molecular weight excluding hydrogens is 366 g/mol. The summed E-state index contributed by atoms with van der Waals surface area (Å²) in [6, 6.07) is 17.3. The first-order chi connectivity index (χ1) is 14.1. The van der Waals surface area contributed by atoms with Crippen molar-refractivity contribution < 1.29 is 14.0 Å². The summed E-state index contributed by atoms with van der Waals surface area (Å²) in [5.74, 6) is 0.659. The van der Waals surface area contributed by atoms with Crippen LogP contribution in [-0.4, -0.2) is 47.8 Å².